The number of carboxylic acids is 1. The highest BCUT2D eigenvalue weighted by Gasteiger charge is 2.34. The third kappa shape index (κ3) is 15.6. The number of para-hydroxylation sites is 1. The van der Waals surface area contributed by atoms with Gasteiger partial charge >= 0.3 is 5.97 Å². The highest BCUT2D eigenvalue weighted by atomic mass is 16.4. The maximum atomic E-state index is 14.6. The molecule has 4 aromatic rings. The van der Waals surface area contributed by atoms with Crippen molar-refractivity contribution in [2.24, 2.45) is 11.7 Å². The molecule has 0 saturated carbocycles. The second-order valence-electron chi connectivity index (χ2n) is 15.7. The predicted molar refractivity (Wildman–Crippen MR) is 234 cm³/mol. The number of nitrogens with zero attached hydrogens (tertiary/aromatic N) is 1. The summed E-state index contributed by atoms with van der Waals surface area (Å²) in [6.07, 6.45) is 4.99. The quantitative estimate of drug-likeness (QED) is 0.0258. The number of fused-ring (bicyclic) bond motifs is 1. The van der Waals surface area contributed by atoms with Crippen molar-refractivity contribution < 1.29 is 38.7 Å². The molecule has 2 aromatic carbocycles. The van der Waals surface area contributed by atoms with Crippen LogP contribution in [0.3, 0.4) is 0 Å². The first kappa shape index (κ1) is 48.4. The minimum absolute atomic E-state index is 0.0104. The summed E-state index contributed by atoms with van der Waals surface area (Å²) in [7, 11) is 0. The molecular formula is C43H58N12O8. The number of guanidine groups is 1. The van der Waals surface area contributed by atoms with Crippen molar-refractivity contribution in [3.8, 4) is 0 Å². The smallest absolute Gasteiger partial charge is 0.325 e. The van der Waals surface area contributed by atoms with E-state index >= 15 is 0 Å². The number of nitrogens with one attached hydrogen (secondary N) is 10. The highest BCUT2D eigenvalue weighted by molar-refractivity contribution is 5.97. The minimum Gasteiger partial charge on any atom is -0.480 e. The van der Waals surface area contributed by atoms with E-state index in [-0.39, 0.29) is 56.9 Å². The number of amides is 6. The number of rotatable bonds is 24. The van der Waals surface area contributed by atoms with Crippen molar-refractivity contribution in [3.05, 3.63) is 90.1 Å². The molecule has 6 atom stereocenters. The van der Waals surface area contributed by atoms with Gasteiger partial charge in [-0.1, -0.05) is 62.4 Å². The Labute approximate surface area is 364 Å². The number of benzene rings is 2. The predicted octanol–water partition coefficient (Wildman–Crippen LogP) is 0.261. The fraction of sp³-hybridized carbons (Fsp3) is 0.419. The minimum atomic E-state index is -1.35. The van der Waals surface area contributed by atoms with E-state index < -0.39 is 77.7 Å². The van der Waals surface area contributed by atoms with Crippen LogP contribution in [-0.4, -0.2) is 110 Å². The van der Waals surface area contributed by atoms with E-state index in [1.54, 1.807) is 36.5 Å². The topological polar surface area (TPSA) is 318 Å². The fourth-order valence-electron chi connectivity index (χ4n) is 6.82. The van der Waals surface area contributed by atoms with Gasteiger partial charge < -0.3 is 58.0 Å². The number of H-pyrrole nitrogens is 2. The normalized spacial score (nSPS) is 13.9. The zero-order valence-corrected chi connectivity index (χ0v) is 35.7. The first-order chi connectivity index (χ1) is 30.0. The van der Waals surface area contributed by atoms with E-state index in [2.05, 4.69) is 52.2 Å². The van der Waals surface area contributed by atoms with Crippen molar-refractivity contribution in [1.82, 2.24) is 52.2 Å². The number of carbonyl (C=O) groups excluding carboxylic acids is 6. The zero-order valence-electron chi connectivity index (χ0n) is 35.7. The number of carboxylic acid groups (broad SMARTS) is 1. The SMILES string of the molecule is CC(=O)N[C@@H](CC(C)C)C(=O)N[C@@H](CCCNC(=N)N)C(=O)N[C@@H](Cc1ccccc1)C(=O)N[C@@H](Cc1c[nH]c2ccccc12)C(=O)N[C@@H](Cc1c[nH]cn1)C(=O)N[C@@H](C)C(=O)O. The number of imidazole rings is 1. The Morgan fingerprint density at radius 3 is 1.89 bits per heavy atom. The van der Waals surface area contributed by atoms with Crippen LogP contribution < -0.4 is 43.0 Å². The molecular weight excluding hydrogens is 813 g/mol. The van der Waals surface area contributed by atoms with E-state index in [0.717, 1.165) is 10.9 Å². The number of aromatic amines is 2. The summed E-state index contributed by atoms with van der Waals surface area (Å²) in [6, 6.07) is 8.75. The molecule has 338 valence electrons. The first-order valence-electron chi connectivity index (χ1n) is 20.7. The number of carbonyl (C=O) groups is 7. The van der Waals surface area contributed by atoms with Crippen molar-refractivity contribution in [2.45, 2.75) is 102 Å². The lowest BCUT2D eigenvalue weighted by atomic mass is 10.0. The van der Waals surface area contributed by atoms with Gasteiger partial charge in [0, 0.05) is 56.0 Å². The van der Waals surface area contributed by atoms with Gasteiger partial charge in [0.05, 0.1) is 12.0 Å². The Bertz CT molecular complexity index is 2190. The third-order valence-electron chi connectivity index (χ3n) is 10.00. The molecule has 0 unspecified atom stereocenters. The number of aliphatic carboxylic acids is 1. The van der Waals surface area contributed by atoms with Gasteiger partial charge in [-0.15, -0.1) is 0 Å². The standard InChI is InChI=1S/C43H58N12O8/c1-24(2)17-33(51-26(4)56)39(59)52-32(15-10-16-47-43(44)45)37(57)53-34(18-27-11-6-5-7-12-27)40(60)54-35(19-28-21-48-31-14-9-8-13-30(28)31)41(61)55-36(20-29-22-46-23-49-29)38(58)50-25(3)42(62)63/h5-9,11-14,21-25,32-36,48H,10,15-20H2,1-4H3,(H,46,49)(H,50,58)(H,51,56)(H,52,59)(H,53,57)(H,54,60)(H,55,61)(H,62,63)(H4,44,45,47)/t25-,32-,33-,34-,35-,36-/m0/s1. The average molecular weight is 871 g/mol. The number of nitrogens with two attached hydrogens (primary N) is 1. The van der Waals surface area contributed by atoms with Crippen LogP contribution in [0.15, 0.2) is 73.3 Å². The summed E-state index contributed by atoms with van der Waals surface area (Å²) in [5.74, 6) is -5.67. The van der Waals surface area contributed by atoms with Crippen LogP contribution in [0.1, 0.15) is 63.8 Å². The van der Waals surface area contributed by atoms with Gasteiger partial charge in [0.15, 0.2) is 5.96 Å². The molecule has 0 aliphatic carbocycles. The summed E-state index contributed by atoms with van der Waals surface area (Å²) < 4.78 is 0. The van der Waals surface area contributed by atoms with Gasteiger partial charge in [-0.3, -0.25) is 39.0 Å². The molecule has 20 nitrogen and oxygen atoms in total. The van der Waals surface area contributed by atoms with Gasteiger partial charge in [0.1, 0.15) is 36.3 Å². The van der Waals surface area contributed by atoms with Gasteiger partial charge in [-0.2, -0.15) is 0 Å². The molecule has 4 rings (SSSR count). The Morgan fingerprint density at radius 1 is 0.714 bits per heavy atom. The van der Waals surface area contributed by atoms with Gasteiger partial charge in [-0.05, 0) is 49.3 Å². The third-order valence-corrected chi connectivity index (χ3v) is 10.00. The second kappa shape index (κ2) is 23.7. The van der Waals surface area contributed by atoms with Crippen molar-refractivity contribution in [2.75, 3.05) is 6.54 Å². The maximum absolute atomic E-state index is 14.6. The molecule has 2 aromatic heterocycles. The molecule has 0 aliphatic heterocycles. The van der Waals surface area contributed by atoms with Crippen LogP contribution in [-0.2, 0) is 52.8 Å². The summed E-state index contributed by atoms with van der Waals surface area (Å²) in [5.41, 5.74) is 7.93. The molecule has 0 radical (unpaired) electrons. The summed E-state index contributed by atoms with van der Waals surface area (Å²) in [5, 5.41) is 36.5. The van der Waals surface area contributed by atoms with Crippen molar-refractivity contribution >= 4 is 58.3 Å². The molecule has 0 saturated heterocycles. The summed E-state index contributed by atoms with van der Waals surface area (Å²) in [4.78, 5) is 104. The lowest BCUT2D eigenvalue weighted by molar-refractivity contribution is -0.141. The lowest BCUT2D eigenvalue weighted by Gasteiger charge is -2.28. The summed E-state index contributed by atoms with van der Waals surface area (Å²) in [6.45, 7) is 6.52. The van der Waals surface area contributed by atoms with Gasteiger partial charge in [-0.25, -0.2) is 4.98 Å². The van der Waals surface area contributed by atoms with Crippen molar-refractivity contribution in [1.29, 1.82) is 5.41 Å². The highest BCUT2D eigenvalue weighted by Crippen LogP contribution is 2.20. The molecule has 0 bridgehead atoms. The molecule has 0 fully saturated rings. The van der Waals surface area contributed by atoms with E-state index in [4.69, 9.17) is 11.1 Å². The number of hydrogen-bond acceptors (Lipinski definition) is 9. The number of aromatic nitrogens is 3. The van der Waals surface area contributed by atoms with E-state index in [0.29, 0.717) is 16.8 Å². The number of hydrogen-bond donors (Lipinski definition) is 12. The van der Waals surface area contributed by atoms with Crippen LogP contribution in [0.25, 0.3) is 10.9 Å². The van der Waals surface area contributed by atoms with Crippen molar-refractivity contribution in [3.63, 3.8) is 0 Å². The van der Waals surface area contributed by atoms with Crippen LogP contribution in [0.5, 0.6) is 0 Å². The van der Waals surface area contributed by atoms with Crippen LogP contribution >= 0.6 is 0 Å². The fourth-order valence-corrected chi connectivity index (χ4v) is 6.82. The van der Waals surface area contributed by atoms with Gasteiger partial charge in [0.2, 0.25) is 35.4 Å². The molecule has 2 heterocycles. The molecule has 6 amide bonds. The van der Waals surface area contributed by atoms with E-state index in [1.807, 2.05) is 38.1 Å². The molecule has 63 heavy (non-hydrogen) atoms. The Kier molecular flexibility index (Phi) is 18.2. The van der Waals surface area contributed by atoms with Crippen LogP contribution in [0.2, 0.25) is 0 Å². The van der Waals surface area contributed by atoms with Crippen LogP contribution in [0, 0.1) is 11.3 Å². The average Bonchev–Trinajstić information content (AvgIpc) is 3.90. The molecule has 0 aliphatic rings. The van der Waals surface area contributed by atoms with Crippen LogP contribution in [0.4, 0.5) is 0 Å². The molecule has 13 N–H and O–H groups in total. The van der Waals surface area contributed by atoms with E-state index in [9.17, 15) is 38.7 Å². The second-order valence-corrected chi connectivity index (χ2v) is 15.7. The Morgan fingerprint density at radius 2 is 1.29 bits per heavy atom. The molecule has 20 heteroatoms. The monoisotopic (exact) mass is 870 g/mol. The summed E-state index contributed by atoms with van der Waals surface area (Å²) >= 11 is 0. The largest absolute Gasteiger partial charge is 0.480 e. The van der Waals surface area contributed by atoms with E-state index in [1.165, 1.54) is 26.4 Å². The maximum Gasteiger partial charge on any atom is 0.325 e. The molecule has 0 spiro atoms. The lowest BCUT2D eigenvalue weighted by Crippen LogP contribution is -2.60. The first-order valence-corrected chi connectivity index (χ1v) is 20.7. The zero-order chi connectivity index (χ0) is 46.1. The van der Waals surface area contributed by atoms with Gasteiger partial charge in [0.25, 0.3) is 0 Å². The Hall–Kier alpha value is -7.25. The Balaban J connectivity index is 1.68.